The van der Waals surface area contributed by atoms with Crippen molar-refractivity contribution in [3.05, 3.63) is 0 Å². The van der Waals surface area contributed by atoms with Crippen LogP contribution < -0.4 is 5.73 Å². The zero-order valence-electron chi connectivity index (χ0n) is 11.9. The molecular formula is C14H28N2OS. The number of thioether (sulfide) groups is 1. The summed E-state index contributed by atoms with van der Waals surface area (Å²) in [6, 6.07) is 0. The standard InChI is InChI=1S/C14H28N2OS/c1-12-10-14(11-15,6-9-17-12)16-7-3-4-13(18-2)5-8-16/h12-13H,3-11,15H2,1-2H3. The molecule has 106 valence electrons. The van der Waals surface area contributed by atoms with E-state index in [1.807, 2.05) is 11.8 Å². The van der Waals surface area contributed by atoms with Crippen LogP contribution in [0.3, 0.4) is 0 Å². The molecule has 2 heterocycles. The molecule has 0 aromatic heterocycles. The van der Waals surface area contributed by atoms with Crippen molar-refractivity contribution < 1.29 is 4.74 Å². The second-order valence-corrected chi connectivity index (χ2v) is 6.98. The van der Waals surface area contributed by atoms with E-state index in [0.717, 1.165) is 31.2 Å². The molecule has 18 heavy (non-hydrogen) atoms. The van der Waals surface area contributed by atoms with Gasteiger partial charge >= 0.3 is 0 Å². The third-order valence-electron chi connectivity index (χ3n) is 4.70. The summed E-state index contributed by atoms with van der Waals surface area (Å²) >= 11 is 2.03. The Labute approximate surface area is 116 Å². The number of ether oxygens (including phenoxy) is 1. The maximum absolute atomic E-state index is 6.15. The first-order chi connectivity index (χ1) is 8.70. The maximum Gasteiger partial charge on any atom is 0.0565 e. The van der Waals surface area contributed by atoms with E-state index in [4.69, 9.17) is 10.5 Å². The fourth-order valence-corrected chi connectivity index (χ4v) is 4.27. The van der Waals surface area contributed by atoms with Gasteiger partial charge in [0.2, 0.25) is 0 Å². The number of hydrogen-bond donors (Lipinski definition) is 1. The van der Waals surface area contributed by atoms with Gasteiger partial charge in [-0.3, -0.25) is 4.90 Å². The van der Waals surface area contributed by atoms with Crippen LogP contribution in [0.4, 0.5) is 0 Å². The molecule has 3 unspecified atom stereocenters. The Bertz CT molecular complexity index is 264. The SMILES string of the molecule is CSC1CCCN(C2(CN)CCOC(C)C2)CC1. The Balaban J connectivity index is 2.02. The Morgan fingerprint density at radius 2 is 2.22 bits per heavy atom. The van der Waals surface area contributed by atoms with E-state index in [-0.39, 0.29) is 5.54 Å². The van der Waals surface area contributed by atoms with Crippen LogP contribution in [0, 0.1) is 0 Å². The molecule has 0 spiro atoms. The first-order valence-corrected chi connectivity index (χ1v) is 8.58. The van der Waals surface area contributed by atoms with Crippen LogP contribution in [0.2, 0.25) is 0 Å². The zero-order chi connectivity index (χ0) is 13.0. The summed E-state index contributed by atoms with van der Waals surface area (Å²) < 4.78 is 5.71. The van der Waals surface area contributed by atoms with Crippen LogP contribution in [0.25, 0.3) is 0 Å². The first kappa shape index (κ1) is 14.6. The lowest BCUT2D eigenvalue weighted by Crippen LogP contribution is -2.58. The van der Waals surface area contributed by atoms with E-state index < -0.39 is 0 Å². The Kier molecular flexibility index (Phi) is 5.36. The maximum atomic E-state index is 6.15. The second kappa shape index (κ2) is 6.60. The highest BCUT2D eigenvalue weighted by atomic mass is 32.2. The Morgan fingerprint density at radius 1 is 1.39 bits per heavy atom. The largest absolute Gasteiger partial charge is 0.378 e. The molecule has 0 radical (unpaired) electrons. The lowest BCUT2D eigenvalue weighted by atomic mass is 9.85. The first-order valence-electron chi connectivity index (χ1n) is 7.30. The normalized spacial score (nSPS) is 39.5. The summed E-state index contributed by atoms with van der Waals surface area (Å²) in [6.07, 6.45) is 8.83. The van der Waals surface area contributed by atoms with Gasteiger partial charge < -0.3 is 10.5 Å². The van der Waals surface area contributed by atoms with Gasteiger partial charge in [0, 0.05) is 23.9 Å². The number of nitrogens with zero attached hydrogens (tertiary/aromatic N) is 1. The lowest BCUT2D eigenvalue weighted by molar-refractivity contribution is -0.0628. The molecule has 4 heteroatoms. The van der Waals surface area contributed by atoms with E-state index in [1.54, 1.807) is 0 Å². The number of hydrogen-bond acceptors (Lipinski definition) is 4. The summed E-state index contributed by atoms with van der Waals surface area (Å²) in [5.41, 5.74) is 6.36. The van der Waals surface area contributed by atoms with Crippen molar-refractivity contribution in [2.24, 2.45) is 5.73 Å². The third-order valence-corrected chi connectivity index (χ3v) is 5.83. The minimum absolute atomic E-state index is 0.213. The number of nitrogens with two attached hydrogens (primary N) is 1. The molecular weight excluding hydrogens is 244 g/mol. The quantitative estimate of drug-likeness (QED) is 0.854. The molecule has 0 aromatic rings. The van der Waals surface area contributed by atoms with Crippen molar-refractivity contribution in [3.8, 4) is 0 Å². The molecule has 2 aliphatic rings. The van der Waals surface area contributed by atoms with Gasteiger partial charge in [0.1, 0.15) is 0 Å². The fraction of sp³-hybridized carbons (Fsp3) is 1.00. The van der Waals surface area contributed by atoms with Gasteiger partial charge in [0.25, 0.3) is 0 Å². The molecule has 0 bridgehead atoms. The molecule has 2 fully saturated rings. The topological polar surface area (TPSA) is 38.5 Å². The van der Waals surface area contributed by atoms with Crippen LogP contribution >= 0.6 is 11.8 Å². The molecule has 2 saturated heterocycles. The Morgan fingerprint density at radius 3 is 2.89 bits per heavy atom. The Hall–Kier alpha value is 0.230. The van der Waals surface area contributed by atoms with Crippen LogP contribution in [0.15, 0.2) is 0 Å². The molecule has 0 aromatic carbocycles. The van der Waals surface area contributed by atoms with Crippen LogP contribution in [0.5, 0.6) is 0 Å². The molecule has 3 atom stereocenters. The summed E-state index contributed by atoms with van der Waals surface area (Å²) in [5, 5.41) is 0.849. The van der Waals surface area contributed by atoms with E-state index in [9.17, 15) is 0 Å². The summed E-state index contributed by atoms with van der Waals surface area (Å²) in [5.74, 6) is 0. The summed E-state index contributed by atoms with van der Waals surface area (Å²) in [7, 11) is 0. The highest BCUT2D eigenvalue weighted by molar-refractivity contribution is 7.99. The third kappa shape index (κ3) is 3.21. The second-order valence-electron chi connectivity index (χ2n) is 5.84. The molecule has 0 saturated carbocycles. The van der Waals surface area contributed by atoms with Gasteiger partial charge in [-0.25, -0.2) is 0 Å². The molecule has 0 amide bonds. The van der Waals surface area contributed by atoms with E-state index in [2.05, 4.69) is 18.1 Å². The van der Waals surface area contributed by atoms with Crippen molar-refractivity contribution >= 4 is 11.8 Å². The summed E-state index contributed by atoms with van der Waals surface area (Å²) in [4.78, 5) is 2.68. The minimum Gasteiger partial charge on any atom is -0.378 e. The lowest BCUT2D eigenvalue weighted by Gasteiger charge is -2.47. The predicted octanol–water partition coefficient (Wildman–Crippen LogP) is 2.10. The van der Waals surface area contributed by atoms with Gasteiger partial charge in [-0.15, -0.1) is 0 Å². The average molecular weight is 272 g/mol. The van der Waals surface area contributed by atoms with Gasteiger partial charge in [0.15, 0.2) is 0 Å². The average Bonchev–Trinajstić information content (AvgIpc) is 2.64. The molecule has 2 rings (SSSR count). The van der Waals surface area contributed by atoms with Gasteiger partial charge in [-0.2, -0.15) is 11.8 Å². The number of likely N-dealkylation sites (tertiary alicyclic amines) is 1. The van der Waals surface area contributed by atoms with Crippen LogP contribution in [0.1, 0.15) is 39.0 Å². The fourth-order valence-electron chi connectivity index (χ4n) is 3.52. The van der Waals surface area contributed by atoms with Gasteiger partial charge in [-0.05, 0) is 58.4 Å². The highest BCUT2D eigenvalue weighted by Crippen LogP contribution is 2.33. The molecule has 2 N–H and O–H groups in total. The van der Waals surface area contributed by atoms with Crippen molar-refractivity contribution in [3.63, 3.8) is 0 Å². The summed E-state index contributed by atoms with van der Waals surface area (Å²) in [6.45, 7) is 6.29. The van der Waals surface area contributed by atoms with Crippen molar-refractivity contribution in [1.82, 2.24) is 4.90 Å². The zero-order valence-corrected chi connectivity index (χ0v) is 12.7. The van der Waals surface area contributed by atoms with Gasteiger partial charge in [0.05, 0.1) is 6.10 Å². The van der Waals surface area contributed by atoms with Crippen molar-refractivity contribution in [2.45, 2.75) is 55.9 Å². The highest BCUT2D eigenvalue weighted by Gasteiger charge is 2.40. The molecule has 0 aliphatic carbocycles. The van der Waals surface area contributed by atoms with E-state index in [1.165, 1.54) is 32.4 Å². The van der Waals surface area contributed by atoms with E-state index >= 15 is 0 Å². The van der Waals surface area contributed by atoms with Crippen LogP contribution in [-0.2, 0) is 4.74 Å². The van der Waals surface area contributed by atoms with Crippen molar-refractivity contribution in [2.75, 3.05) is 32.5 Å². The predicted molar refractivity (Wildman–Crippen MR) is 79.2 cm³/mol. The van der Waals surface area contributed by atoms with Gasteiger partial charge in [-0.1, -0.05) is 0 Å². The number of rotatable bonds is 3. The van der Waals surface area contributed by atoms with Crippen LogP contribution in [-0.4, -0.2) is 54.3 Å². The van der Waals surface area contributed by atoms with E-state index in [0.29, 0.717) is 6.10 Å². The van der Waals surface area contributed by atoms with Crippen molar-refractivity contribution in [1.29, 1.82) is 0 Å². The minimum atomic E-state index is 0.213. The smallest absolute Gasteiger partial charge is 0.0565 e. The molecule has 2 aliphatic heterocycles. The monoisotopic (exact) mass is 272 g/mol. The molecule has 3 nitrogen and oxygen atoms in total.